The number of ether oxygens (including phenoxy) is 1. The molecule has 3 aromatic rings. The molecule has 35 heavy (non-hydrogen) atoms. The number of nitrogens with one attached hydrogen (secondary N) is 1. The quantitative estimate of drug-likeness (QED) is 0.353. The topological polar surface area (TPSA) is 75.7 Å². The van der Waals surface area contributed by atoms with Crippen molar-refractivity contribution >= 4 is 63.8 Å². The van der Waals surface area contributed by atoms with Crippen molar-refractivity contribution in [2.75, 3.05) is 11.9 Å². The molecule has 1 N–H and O–H groups in total. The van der Waals surface area contributed by atoms with Crippen LogP contribution in [0.15, 0.2) is 71.6 Å². The summed E-state index contributed by atoms with van der Waals surface area (Å²) < 4.78 is 5.82. The number of hydrogen-bond acceptors (Lipinski definition) is 5. The second kappa shape index (κ2) is 11.0. The van der Waals surface area contributed by atoms with E-state index in [0.29, 0.717) is 27.0 Å². The van der Waals surface area contributed by atoms with E-state index in [4.69, 9.17) is 27.9 Å². The summed E-state index contributed by atoms with van der Waals surface area (Å²) in [6, 6.07) is 19.5. The Labute approximate surface area is 216 Å². The van der Waals surface area contributed by atoms with Gasteiger partial charge in [0.2, 0.25) is 5.91 Å². The van der Waals surface area contributed by atoms with E-state index in [-0.39, 0.29) is 18.1 Å². The van der Waals surface area contributed by atoms with Crippen LogP contribution in [-0.2, 0) is 16.2 Å². The SMILES string of the molecule is Cc1ccc(NC(=O)CN2C(=O)S/C(=C/c3cccc(OCc4ccc(Cl)cc4Cl)c3)C2=O)cc1. The minimum atomic E-state index is -0.515. The summed E-state index contributed by atoms with van der Waals surface area (Å²) in [5.74, 6) is -0.395. The molecule has 0 saturated carbocycles. The lowest BCUT2D eigenvalue weighted by Crippen LogP contribution is -2.36. The average molecular weight is 527 g/mol. The molecule has 1 saturated heterocycles. The Bertz CT molecular complexity index is 1330. The molecule has 9 heteroatoms. The maximum absolute atomic E-state index is 12.8. The molecule has 1 heterocycles. The van der Waals surface area contributed by atoms with Crippen molar-refractivity contribution in [2.24, 2.45) is 0 Å². The predicted molar refractivity (Wildman–Crippen MR) is 140 cm³/mol. The fourth-order valence-electron chi connectivity index (χ4n) is 3.26. The third kappa shape index (κ3) is 6.45. The van der Waals surface area contributed by atoms with E-state index in [0.717, 1.165) is 27.8 Å². The van der Waals surface area contributed by atoms with Crippen molar-refractivity contribution in [3.8, 4) is 5.75 Å². The molecule has 0 spiro atoms. The van der Waals surface area contributed by atoms with Gasteiger partial charge >= 0.3 is 0 Å². The first-order valence-corrected chi connectivity index (χ1v) is 12.1. The van der Waals surface area contributed by atoms with Gasteiger partial charge in [-0.15, -0.1) is 0 Å². The summed E-state index contributed by atoms with van der Waals surface area (Å²) in [6.45, 7) is 1.82. The normalized spacial score (nSPS) is 14.5. The van der Waals surface area contributed by atoms with Gasteiger partial charge in [0.25, 0.3) is 11.1 Å². The monoisotopic (exact) mass is 526 g/mol. The van der Waals surface area contributed by atoms with Gasteiger partial charge in [0, 0.05) is 21.3 Å². The van der Waals surface area contributed by atoms with Crippen LogP contribution in [0.4, 0.5) is 10.5 Å². The molecule has 3 amide bonds. The van der Waals surface area contributed by atoms with E-state index in [1.165, 1.54) is 0 Å². The molecular formula is C26H20Cl2N2O4S. The van der Waals surface area contributed by atoms with Gasteiger partial charge in [-0.05, 0) is 66.7 Å². The number of carbonyl (C=O) groups excluding carboxylic acids is 3. The van der Waals surface area contributed by atoms with E-state index in [9.17, 15) is 14.4 Å². The highest BCUT2D eigenvalue weighted by atomic mass is 35.5. The van der Waals surface area contributed by atoms with Gasteiger partial charge in [0.05, 0.1) is 4.91 Å². The number of halogens is 2. The third-order valence-corrected chi connectivity index (χ3v) is 6.57. The summed E-state index contributed by atoms with van der Waals surface area (Å²) in [6.07, 6.45) is 1.60. The van der Waals surface area contributed by atoms with E-state index < -0.39 is 17.1 Å². The first kappa shape index (κ1) is 24.9. The number of imide groups is 1. The van der Waals surface area contributed by atoms with Crippen molar-refractivity contribution in [1.29, 1.82) is 0 Å². The largest absolute Gasteiger partial charge is 0.489 e. The second-order valence-electron chi connectivity index (χ2n) is 7.78. The molecule has 1 aliphatic rings. The Hall–Kier alpha value is -3.26. The molecule has 1 aliphatic heterocycles. The van der Waals surface area contributed by atoms with Crippen molar-refractivity contribution in [2.45, 2.75) is 13.5 Å². The molecule has 0 aliphatic carbocycles. The Morgan fingerprint density at radius 3 is 2.57 bits per heavy atom. The zero-order chi connectivity index (χ0) is 24.9. The minimum Gasteiger partial charge on any atom is -0.489 e. The number of nitrogens with zero attached hydrogens (tertiary/aromatic N) is 1. The standard InChI is InChI=1S/C26H20Cl2N2O4S/c1-16-5-9-20(10-6-16)29-24(31)14-30-25(32)23(35-26(30)33)12-17-3-2-4-21(11-17)34-15-18-7-8-19(27)13-22(18)28/h2-13H,14-15H2,1H3,(H,29,31)/b23-12+. The van der Waals surface area contributed by atoms with Crippen LogP contribution in [0, 0.1) is 6.92 Å². The van der Waals surface area contributed by atoms with Crippen molar-refractivity contribution in [3.63, 3.8) is 0 Å². The maximum Gasteiger partial charge on any atom is 0.294 e. The third-order valence-electron chi connectivity index (χ3n) is 5.08. The Balaban J connectivity index is 1.40. The zero-order valence-electron chi connectivity index (χ0n) is 18.6. The summed E-state index contributed by atoms with van der Waals surface area (Å²) in [7, 11) is 0. The number of thioether (sulfide) groups is 1. The van der Waals surface area contributed by atoms with E-state index >= 15 is 0 Å². The fourth-order valence-corrected chi connectivity index (χ4v) is 4.56. The molecule has 1 fully saturated rings. The summed E-state index contributed by atoms with van der Waals surface area (Å²) in [5, 5.41) is 3.25. The van der Waals surface area contributed by atoms with Gasteiger partial charge in [-0.1, -0.05) is 59.1 Å². The van der Waals surface area contributed by atoms with Crippen LogP contribution in [0.25, 0.3) is 6.08 Å². The molecule has 0 bridgehead atoms. The van der Waals surface area contributed by atoms with Crippen molar-refractivity contribution in [3.05, 3.63) is 98.4 Å². The molecule has 0 unspecified atom stereocenters. The van der Waals surface area contributed by atoms with Crippen molar-refractivity contribution < 1.29 is 19.1 Å². The Morgan fingerprint density at radius 2 is 1.83 bits per heavy atom. The van der Waals surface area contributed by atoms with Crippen LogP contribution in [0.5, 0.6) is 5.75 Å². The van der Waals surface area contributed by atoms with Gasteiger partial charge in [-0.2, -0.15) is 0 Å². The first-order chi connectivity index (χ1) is 16.8. The number of aryl methyl sites for hydroxylation is 1. The number of amides is 3. The number of benzene rings is 3. The first-order valence-electron chi connectivity index (χ1n) is 10.6. The van der Waals surface area contributed by atoms with E-state index in [1.807, 2.05) is 19.1 Å². The van der Waals surface area contributed by atoms with Crippen LogP contribution < -0.4 is 10.1 Å². The van der Waals surface area contributed by atoms with Crippen molar-refractivity contribution in [1.82, 2.24) is 4.90 Å². The van der Waals surface area contributed by atoms with Gasteiger partial charge in [0.15, 0.2) is 0 Å². The van der Waals surface area contributed by atoms with Crippen LogP contribution in [0.1, 0.15) is 16.7 Å². The Morgan fingerprint density at radius 1 is 1.06 bits per heavy atom. The van der Waals surface area contributed by atoms with Crippen LogP contribution in [-0.4, -0.2) is 28.5 Å². The lowest BCUT2D eigenvalue weighted by Gasteiger charge is -2.12. The highest BCUT2D eigenvalue weighted by Crippen LogP contribution is 2.33. The number of rotatable bonds is 7. The van der Waals surface area contributed by atoms with Crippen LogP contribution >= 0.6 is 35.0 Å². The predicted octanol–water partition coefficient (Wildman–Crippen LogP) is 6.56. The summed E-state index contributed by atoms with van der Waals surface area (Å²) in [5.41, 5.74) is 3.12. The van der Waals surface area contributed by atoms with E-state index in [2.05, 4.69) is 5.32 Å². The number of hydrogen-bond donors (Lipinski definition) is 1. The van der Waals surface area contributed by atoms with Gasteiger partial charge < -0.3 is 10.1 Å². The average Bonchev–Trinajstić information content (AvgIpc) is 3.07. The maximum atomic E-state index is 12.8. The second-order valence-corrected chi connectivity index (χ2v) is 9.62. The lowest BCUT2D eigenvalue weighted by molar-refractivity contribution is -0.127. The molecular weight excluding hydrogens is 507 g/mol. The minimum absolute atomic E-state index is 0.232. The highest BCUT2D eigenvalue weighted by molar-refractivity contribution is 8.18. The molecule has 4 rings (SSSR count). The molecule has 3 aromatic carbocycles. The lowest BCUT2D eigenvalue weighted by atomic mass is 10.2. The number of anilines is 1. The zero-order valence-corrected chi connectivity index (χ0v) is 20.9. The molecule has 0 atom stereocenters. The van der Waals surface area contributed by atoms with Gasteiger partial charge in [-0.3, -0.25) is 19.3 Å². The Kier molecular flexibility index (Phi) is 7.80. The van der Waals surface area contributed by atoms with Gasteiger partial charge in [-0.25, -0.2) is 0 Å². The fraction of sp³-hybridized carbons (Fsp3) is 0.115. The van der Waals surface area contributed by atoms with Gasteiger partial charge in [0.1, 0.15) is 18.9 Å². The van der Waals surface area contributed by atoms with Crippen LogP contribution in [0.2, 0.25) is 10.0 Å². The summed E-state index contributed by atoms with van der Waals surface area (Å²) in [4.78, 5) is 38.7. The molecule has 0 aromatic heterocycles. The highest BCUT2D eigenvalue weighted by Gasteiger charge is 2.36. The molecule has 178 valence electrons. The molecule has 0 radical (unpaired) electrons. The van der Waals surface area contributed by atoms with E-state index in [1.54, 1.807) is 60.7 Å². The molecule has 6 nitrogen and oxygen atoms in total. The van der Waals surface area contributed by atoms with Crippen LogP contribution in [0.3, 0.4) is 0 Å². The number of carbonyl (C=O) groups is 3. The smallest absolute Gasteiger partial charge is 0.294 e. The summed E-state index contributed by atoms with van der Waals surface area (Å²) >= 11 is 12.9.